The Bertz CT molecular complexity index is 1230. The lowest BCUT2D eigenvalue weighted by Crippen LogP contribution is -2.42. The molecule has 0 saturated heterocycles. The first kappa shape index (κ1) is 33.6. The van der Waals surface area contributed by atoms with Gasteiger partial charge >= 0.3 is 5.97 Å². The first-order valence-corrected chi connectivity index (χ1v) is 14.3. The van der Waals surface area contributed by atoms with Gasteiger partial charge < -0.3 is 24.9 Å². The minimum Gasteiger partial charge on any atom is -0.493 e. The normalized spacial score (nSPS) is 15.4. The van der Waals surface area contributed by atoms with Crippen LogP contribution in [0.5, 0.6) is 5.75 Å². The van der Waals surface area contributed by atoms with E-state index >= 15 is 0 Å². The number of hydrogen-bond donors (Lipinski definition) is 2. The Hall–Kier alpha value is -3.65. The lowest BCUT2D eigenvalue weighted by molar-refractivity contribution is -0.149. The predicted octanol–water partition coefficient (Wildman–Crippen LogP) is 6.44. The summed E-state index contributed by atoms with van der Waals surface area (Å²) in [6, 6.07) is 4.42. The number of aromatic nitrogens is 1. The van der Waals surface area contributed by atoms with E-state index in [-0.39, 0.29) is 11.4 Å². The summed E-state index contributed by atoms with van der Waals surface area (Å²) in [6.45, 7) is 14.8. The van der Waals surface area contributed by atoms with Crippen LogP contribution in [0.15, 0.2) is 53.0 Å². The molecule has 3 rings (SSSR count). The van der Waals surface area contributed by atoms with Gasteiger partial charge in [-0.15, -0.1) is 0 Å². The molecule has 1 atom stereocenters. The summed E-state index contributed by atoms with van der Waals surface area (Å²) in [5.41, 5.74) is 7.69. The molecule has 0 spiro atoms. The van der Waals surface area contributed by atoms with Gasteiger partial charge in [-0.25, -0.2) is 9.78 Å². The van der Waals surface area contributed by atoms with E-state index < -0.39 is 12.0 Å². The maximum atomic E-state index is 12.6. The van der Waals surface area contributed by atoms with Crippen LogP contribution < -0.4 is 10.5 Å². The van der Waals surface area contributed by atoms with Gasteiger partial charge in [0, 0.05) is 24.6 Å². The third kappa shape index (κ3) is 11.8. The Kier molecular flexibility index (Phi) is 13.1. The molecule has 1 amide bonds. The smallest absolute Gasteiger partial charge is 0.331 e. The number of aryl methyl sites for hydroxylation is 1. The highest BCUT2D eigenvalue weighted by molar-refractivity contribution is 5.92. The number of oxazole rings is 1. The number of benzene rings is 1. The third-order valence-corrected chi connectivity index (χ3v) is 6.09. The van der Waals surface area contributed by atoms with Gasteiger partial charge in [0.25, 0.3) is 0 Å². The fraction of sp³-hybridized carbons (Fsp3) is 0.485. The molecule has 1 unspecified atom stereocenters. The first-order valence-electron chi connectivity index (χ1n) is 14.3. The fourth-order valence-corrected chi connectivity index (χ4v) is 4.16. The second-order valence-electron chi connectivity index (χ2n) is 11.7. The van der Waals surface area contributed by atoms with Gasteiger partial charge in [-0.05, 0) is 89.1 Å². The largest absolute Gasteiger partial charge is 0.493 e. The summed E-state index contributed by atoms with van der Waals surface area (Å²) in [5.74, 6) is 1.19. The third-order valence-electron chi connectivity index (χ3n) is 6.09. The number of aliphatic carboxylic acids is 1. The topological polar surface area (TPSA) is 119 Å². The zero-order chi connectivity index (χ0) is 30.6. The standard InChI is InChI=1S/C29H36N2O5.C4H11N/c1-5-6-7-12-27(32)31-17-15-22-13-14-23(19-24(22)28(31)29(33)34)35-18-16-25-21(4)36-26(30-25)11-9-8-10-20(2)3;1-4(2,3)5/h5-7,9,11-14,19-20,28H,8,10,15-18H2,1-4H3,(H,33,34);5H2,1-3H3/b6-5?,11-9+,12-7?;. The van der Waals surface area contributed by atoms with Crippen molar-refractivity contribution in [3.63, 3.8) is 0 Å². The number of carboxylic acid groups (broad SMARTS) is 1. The van der Waals surface area contributed by atoms with Crippen LogP contribution >= 0.6 is 0 Å². The van der Waals surface area contributed by atoms with Crippen molar-refractivity contribution in [1.29, 1.82) is 0 Å². The molecular formula is C33H47N3O5. The van der Waals surface area contributed by atoms with Crippen LogP contribution in [0.1, 0.15) is 88.9 Å². The lowest BCUT2D eigenvalue weighted by atomic mass is 9.92. The number of hydrogen-bond acceptors (Lipinski definition) is 6. The summed E-state index contributed by atoms with van der Waals surface area (Å²) in [5, 5.41) is 9.93. The number of nitrogens with two attached hydrogens (primary N) is 1. The predicted molar refractivity (Wildman–Crippen MR) is 164 cm³/mol. The van der Waals surface area contributed by atoms with Crippen molar-refractivity contribution >= 4 is 18.0 Å². The molecule has 0 saturated carbocycles. The molecule has 0 aliphatic carbocycles. The molecule has 1 aromatic carbocycles. The Morgan fingerprint density at radius 3 is 2.61 bits per heavy atom. The Morgan fingerprint density at radius 2 is 1.98 bits per heavy atom. The van der Waals surface area contributed by atoms with Gasteiger partial charge in [0.2, 0.25) is 11.8 Å². The van der Waals surface area contributed by atoms with Crippen molar-refractivity contribution in [3.05, 3.63) is 77.1 Å². The molecule has 224 valence electrons. The molecule has 0 radical (unpaired) electrons. The number of fused-ring (bicyclic) bond motifs is 1. The van der Waals surface area contributed by atoms with Crippen LogP contribution in [0.3, 0.4) is 0 Å². The van der Waals surface area contributed by atoms with E-state index in [2.05, 4.69) is 24.9 Å². The maximum Gasteiger partial charge on any atom is 0.331 e. The van der Waals surface area contributed by atoms with E-state index in [9.17, 15) is 14.7 Å². The molecule has 3 N–H and O–H groups in total. The van der Waals surface area contributed by atoms with Crippen LogP contribution in [0.2, 0.25) is 0 Å². The highest BCUT2D eigenvalue weighted by Crippen LogP contribution is 2.33. The molecule has 8 heteroatoms. The molecule has 8 nitrogen and oxygen atoms in total. The van der Waals surface area contributed by atoms with Crippen molar-refractivity contribution in [3.8, 4) is 5.75 Å². The quantitative estimate of drug-likeness (QED) is 0.238. The van der Waals surface area contributed by atoms with Gasteiger partial charge in [0.05, 0.1) is 12.3 Å². The molecule has 0 bridgehead atoms. The number of allylic oxidation sites excluding steroid dienone is 4. The minimum absolute atomic E-state index is 0. The van der Waals surface area contributed by atoms with Gasteiger partial charge in [-0.2, -0.15) is 0 Å². The zero-order valence-corrected chi connectivity index (χ0v) is 25.6. The number of carboxylic acids is 1. The average Bonchev–Trinajstić information content (AvgIpc) is 3.23. The minimum atomic E-state index is -1.06. The van der Waals surface area contributed by atoms with Gasteiger partial charge in [-0.1, -0.05) is 44.2 Å². The van der Waals surface area contributed by atoms with E-state index in [0.29, 0.717) is 49.1 Å². The highest BCUT2D eigenvalue weighted by Gasteiger charge is 2.35. The SMILES string of the molecule is CC(C)(C)N.CC=CC=CC(=O)N1CCc2ccc(OCCc3nc(/C=C/CCC(C)C)oc3C)cc2C1C(=O)O. The van der Waals surface area contributed by atoms with Crippen LogP contribution in [-0.2, 0) is 22.4 Å². The summed E-state index contributed by atoms with van der Waals surface area (Å²) < 4.78 is 11.7. The zero-order valence-electron chi connectivity index (χ0n) is 25.6. The molecule has 41 heavy (non-hydrogen) atoms. The fourth-order valence-electron chi connectivity index (χ4n) is 4.16. The summed E-state index contributed by atoms with van der Waals surface area (Å²) >= 11 is 0. The number of ether oxygens (including phenoxy) is 1. The molecule has 2 heterocycles. The molecular weight excluding hydrogens is 518 g/mol. The van der Waals surface area contributed by atoms with Crippen LogP contribution in [0, 0.1) is 12.8 Å². The van der Waals surface area contributed by atoms with Crippen molar-refractivity contribution in [2.24, 2.45) is 11.7 Å². The van der Waals surface area contributed by atoms with E-state index in [1.807, 2.05) is 52.8 Å². The first-order chi connectivity index (χ1) is 19.3. The van der Waals surface area contributed by atoms with E-state index in [1.165, 1.54) is 11.0 Å². The van der Waals surface area contributed by atoms with Gasteiger partial charge in [0.15, 0.2) is 6.04 Å². The number of rotatable bonds is 11. The average molecular weight is 566 g/mol. The van der Waals surface area contributed by atoms with Gasteiger partial charge in [-0.3, -0.25) is 4.79 Å². The number of carbonyl (C=O) groups is 2. The number of nitrogens with zero attached hydrogens (tertiary/aromatic N) is 2. The Morgan fingerprint density at radius 1 is 1.27 bits per heavy atom. The molecule has 0 fully saturated rings. The highest BCUT2D eigenvalue weighted by atomic mass is 16.5. The van der Waals surface area contributed by atoms with Crippen molar-refractivity contribution in [1.82, 2.24) is 9.88 Å². The van der Waals surface area contributed by atoms with Crippen LogP contribution in [-0.4, -0.2) is 45.6 Å². The van der Waals surface area contributed by atoms with E-state index in [0.717, 1.165) is 29.9 Å². The molecule has 2 aromatic rings. The molecule has 1 aliphatic rings. The second kappa shape index (κ2) is 16.0. The monoisotopic (exact) mass is 565 g/mol. The Labute approximate surface area is 245 Å². The maximum absolute atomic E-state index is 12.6. The summed E-state index contributed by atoms with van der Waals surface area (Å²) in [7, 11) is 0. The lowest BCUT2D eigenvalue weighted by Gasteiger charge is -2.34. The summed E-state index contributed by atoms with van der Waals surface area (Å²) in [4.78, 5) is 30.7. The van der Waals surface area contributed by atoms with Crippen LogP contribution in [0.25, 0.3) is 6.08 Å². The number of carbonyl (C=O) groups excluding carboxylic acids is 1. The second-order valence-corrected chi connectivity index (χ2v) is 11.7. The van der Waals surface area contributed by atoms with Crippen LogP contribution in [0.4, 0.5) is 0 Å². The van der Waals surface area contributed by atoms with Crippen molar-refractivity contribution in [2.45, 2.75) is 85.7 Å². The van der Waals surface area contributed by atoms with Crippen molar-refractivity contribution < 1.29 is 23.8 Å². The molecule has 1 aliphatic heterocycles. The van der Waals surface area contributed by atoms with E-state index in [1.54, 1.807) is 24.3 Å². The number of amides is 1. The van der Waals surface area contributed by atoms with Gasteiger partial charge in [0.1, 0.15) is 11.5 Å². The summed E-state index contributed by atoms with van der Waals surface area (Å²) in [6.07, 6.45) is 13.8. The molecule has 1 aromatic heterocycles. The van der Waals surface area contributed by atoms with Crippen molar-refractivity contribution in [2.75, 3.05) is 13.2 Å². The Balaban J connectivity index is 0.00000108. The van der Waals surface area contributed by atoms with E-state index in [4.69, 9.17) is 14.9 Å².